The summed E-state index contributed by atoms with van der Waals surface area (Å²) in [4.78, 5) is 11.5. The lowest BCUT2D eigenvalue weighted by atomic mass is 10.1. The molecule has 17 heavy (non-hydrogen) atoms. The Morgan fingerprint density at radius 2 is 1.94 bits per heavy atom. The first-order valence-electron chi connectivity index (χ1n) is 5.89. The predicted octanol–water partition coefficient (Wildman–Crippen LogP) is 3.31. The summed E-state index contributed by atoms with van der Waals surface area (Å²) in [5.74, 6) is 0.365. The van der Waals surface area contributed by atoms with Crippen molar-refractivity contribution >= 4 is 11.7 Å². The molecule has 1 aromatic rings. The van der Waals surface area contributed by atoms with Gasteiger partial charge >= 0.3 is 5.97 Å². The normalized spacial score (nSPS) is 9.88. The van der Waals surface area contributed by atoms with Crippen molar-refractivity contribution in [2.75, 3.05) is 5.73 Å². The monoisotopic (exact) mass is 233 g/mol. The number of allylic oxidation sites excluding steroid dienone is 1. The Bertz CT molecular complexity index is 357. The maximum atomic E-state index is 11.5. The Balaban J connectivity index is 2.20. The van der Waals surface area contributed by atoms with Crippen LogP contribution in [-0.4, -0.2) is 5.97 Å². The van der Waals surface area contributed by atoms with E-state index in [0.29, 0.717) is 17.9 Å². The number of benzene rings is 1. The number of rotatable bonds is 7. The Labute approximate surface area is 102 Å². The van der Waals surface area contributed by atoms with E-state index in [1.165, 1.54) is 0 Å². The van der Waals surface area contributed by atoms with Gasteiger partial charge in [-0.1, -0.05) is 12.5 Å². The topological polar surface area (TPSA) is 52.3 Å². The van der Waals surface area contributed by atoms with Gasteiger partial charge in [-0.3, -0.25) is 4.79 Å². The summed E-state index contributed by atoms with van der Waals surface area (Å²) in [6.07, 6.45) is 6.34. The third-order valence-corrected chi connectivity index (χ3v) is 2.40. The Morgan fingerprint density at radius 1 is 1.24 bits per heavy atom. The van der Waals surface area contributed by atoms with Crippen LogP contribution in [0.15, 0.2) is 36.9 Å². The molecule has 2 N–H and O–H groups in total. The highest BCUT2D eigenvalue weighted by Gasteiger charge is 2.04. The third kappa shape index (κ3) is 5.76. The van der Waals surface area contributed by atoms with Gasteiger partial charge in [0.2, 0.25) is 0 Å². The number of hydrogen-bond acceptors (Lipinski definition) is 3. The highest BCUT2D eigenvalue weighted by molar-refractivity contribution is 5.72. The SMILES string of the molecule is C=CCCCCCC(=O)Oc1ccc(N)cc1. The molecule has 0 spiro atoms. The van der Waals surface area contributed by atoms with E-state index >= 15 is 0 Å². The first-order chi connectivity index (χ1) is 8.22. The van der Waals surface area contributed by atoms with Crippen LogP contribution in [0.2, 0.25) is 0 Å². The number of nitrogens with two attached hydrogens (primary N) is 1. The molecule has 0 saturated heterocycles. The van der Waals surface area contributed by atoms with Crippen LogP contribution >= 0.6 is 0 Å². The second kappa shape index (κ2) is 7.49. The molecular formula is C14H19NO2. The summed E-state index contributed by atoms with van der Waals surface area (Å²) >= 11 is 0. The zero-order valence-corrected chi connectivity index (χ0v) is 10.0. The second-order valence-corrected chi connectivity index (χ2v) is 3.93. The molecule has 0 aliphatic rings. The van der Waals surface area contributed by atoms with Gasteiger partial charge in [-0.2, -0.15) is 0 Å². The van der Waals surface area contributed by atoms with Crippen molar-refractivity contribution in [1.29, 1.82) is 0 Å². The Morgan fingerprint density at radius 3 is 2.59 bits per heavy atom. The van der Waals surface area contributed by atoms with E-state index in [4.69, 9.17) is 10.5 Å². The predicted molar refractivity (Wildman–Crippen MR) is 69.8 cm³/mol. The highest BCUT2D eigenvalue weighted by Crippen LogP contribution is 2.14. The van der Waals surface area contributed by atoms with Crippen LogP contribution in [0.25, 0.3) is 0 Å². The van der Waals surface area contributed by atoms with Gasteiger partial charge in [-0.05, 0) is 43.5 Å². The number of anilines is 1. The van der Waals surface area contributed by atoms with Gasteiger partial charge in [-0.15, -0.1) is 6.58 Å². The van der Waals surface area contributed by atoms with E-state index in [-0.39, 0.29) is 5.97 Å². The van der Waals surface area contributed by atoms with Gasteiger partial charge in [0.1, 0.15) is 5.75 Å². The van der Waals surface area contributed by atoms with Crippen LogP contribution in [-0.2, 0) is 4.79 Å². The lowest BCUT2D eigenvalue weighted by molar-refractivity contribution is -0.134. The zero-order valence-electron chi connectivity index (χ0n) is 10.0. The molecule has 0 fully saturated rings. The summed E-state index contributed by atoms with van der Waals surface area (Å²) < 4.78 is 5.16. The molecule has 0 saturated carbocycles. The average molecular weight is 233 g/mol. The van der Waals surface area contributed by atoms with Crippen LogP contribution in [0.3, 0.4) is 0 Å². The molecule has 0 aliphatic heterocycles. The molecule has 0 atom stereocenters. The Kier molecular flexibility index (Phi) is 5.86. The number of carbonyl (C=O) groups excluding carboxylic acids is 1. The van der Waals surface area contributed by atoms with Crippen LogP contribution in [0.5, 0.6) is 5.75 Å². The van der Waals surface area contributed by atoms with Crippen LogP contribution in [0, 0.1) is 0 Å². The van der Waals surface area contributed by atoms with Crippen molar-refractivity contribution in [3.05, 3.63) is 36.9 Å². The van der Waals surface area contributed by atoms with E-state index < -0.39 is 0 Å². The molecule has 0 bridgehead atoms. The number of ether oxygens (including phenoxy) is 1. The molecule has 0 aliphatic carbocycles. The second-order valence-electron chi connectivity index (χ2n) is 3.93. The maximum Gasteiger partial charge on any atom is 0.311 e. The standard InChI is InChI=1S/C14H19NO2/c1-2-3-4-5-6-7-14(16)17-13-10-8-12(15)9-11-13/h2,8-11H,1,3-7,15H2. The minimum Gasteiger partial charge on any atom is -0.427 e. The zero-order chi connectivity index (χ0) is 12.5. The van der Waals surface area contributed by atoms with Gasteiger partial charge in [0.15, 0.2) is 0 Å². The fourth-order valence-corrected chi connectivity index (χ4v) is 1.45. The fourth-order valence-electron chi connectivity index (χ4n) is 1.45. The van der Waals surface area contributed by atoms with Gasteiger partial charge in [0.05, 0.1) is 0 Å². The minimum atomic E-state index is -0.187. The summed E-state index contributed by atoms with van der Waals surface area (Å²) in [6.45, 7) is 3.65. The molecule has 1 aromatic carbocycles. The number of unbranched alkanes of at least 4 members (excludes halogenated alkanes) is 3. The number of hydrogen-bond donors (Lipinski definition) is 1. The van der Waals surface area contributed by atoms with Crippen LogP contribution in [0.1, 0.15) is 32.1 Å². The Hall–Kier alpha value is -1.77. The maximum absolute atomic E-state index is 11.5. The fraction of sp³-hybridized carbons (Fsp3) is 0.357. The first kappa shape index (κ1) is 13.3. The van der Waals surface area contributed by atoms with Gasteiger partial charge in [-0.25, -0.2) is 0 Å². The van der Waals surface area contributed by atoms with Crippen molar-refractivity contribution < 1.29 is 9.53 Å². The number of nitrogen functional groups attached to an aromatic ring is 1. The number of carbonyl (C=O) groups is 1. The van der Waals surface area contributed by atoms with Crippen molar-refractivity contribution in [3.63, 3.8) is 0 Å². The largest absolute Gasteiger partial charge is 0.427 e. The van der Waals surface area contributed by atoms with Crippen LogP contribution < -0.4 is 10.5 Å². The van der Waals surface area contributed by atoms with E-state index in [2.05, 4.69) is 6.58 Å². The van der Waals surface area contributed by atoms with Gasteiger partial charge in [0.25, 0.3) is 0 Å². The summed E-state index contributed by atoms with van der Waals surface area (Å²) in [5, 5.41) is 0. The van der Waals surface area contributed by atoms with E-state index in [1.807, 2.05) is 6.08 Å². The molecule has 0 radical (unpaired) electrons. The van der Waals surface area contributed by atoms with Crippen molar-refractivity contribution in [2.24, 2.45) is 0 Å². The van der Waals surface area contributed by atoms with Crippen molar-refractivity contribution in [1.82, 2.24) is 0 Å². The summed E-state index contributed by atoms with van der Waals surface area (Å²) in [6, 6.07) is 6.83. The number of esters is 1. The summed E-state index contributed by atoms with van der Waals surface area (Å²) in [5.41, 5.74) is 6.20. The molecule has 0 amide bonds. The average Bonchev–Trinajstić information content (AvgIpc) is 2.32. The van der Waals surface area contributed by atoms with Gasteiger partial charge in [0, 0.05) is 12.1 Å². The third-order valence-electron chi connectivity index (χ3n) is 2.40. The molecule has 3 nitrogen and oxygen atoms in total. The van der Waals surface area contributed by atoms with E-state index in [9.17, 15) is 4.79 Å². The van der Waals surface area contributed by atoms with E-state index in [1.54, 1.807) is 24.3 Å². The minimum absolute atomic E-state index is 0.187. The molecule has 1 rings (SSSR count). The quantitative estimate of drug-likeness (QED) is 0.258. The highest BCUT2D eigenvalue weighted by atomic mass is 16.5. The molecule has 0 aromatic heterocycles. The molecule has 3 heteroatoms. The lowest BCUT2D eigenvalue weighted by Gasteiger charge is -2.04. The lowest BCUT2D eigenvalue weighted by Crippen LogP contribution is -2.07. The summed E-state index contributed by atoms with van der Waals surface area (Å²) in [7, 11) is 0. The molecule has 0 unspecified atom stereocenters. The van der Waals surface area contributed by atoms with Crippen LogP contribution in [0.4, 0.5) is 5.69 Å². The molecule has 92 valence electrons. The first-order valence-corrected chi connectivity index (χ1v) is 5.89. The van der Waals surface area contributed by atoms with Crippen molar-refractivity contribution in [2.45, 2.75) is 32.1 Å². The molecule has 0 heterocycles. The van der Waals surface area contributed by atoms with Crippen molar-refractivity contribution in [3.8, 4) is 5.75 Å². The molecular weight excluding hydrogens is 214 g/mol. The van der Waals surface area contributed by atoms with Gasteiger partial charge < -0.3 is 10.5 Å². The smallest absolute Gasteiger partial charge is 0.311 e. The van der Waals surface area contributed by atoms with E-state index in [0.717, 1.165) is 25.7 Å².